The topological polar surface area (TPSA) is 12.0 Å². The predicted octanol–water partition coefficient (Wildman–Crippen LogP) is 2.79. The Morgan fingerprint density at radius 3 is 2.33 bits per heavy atom. The van der Waals surface area contributed by atoms with E-state index in [0.717, 1.165) is 5.92 Å². The van der Waals surface area contributed by atoms with E-state index in [-0.39, 0.29) is 0 Å². The van der Waals surface area contributed by atoms with Crippen LogP contribution >= 0.6 is 0 Å². The minimum Gasteiger partial charge on any atom is -0.317 e. The fourth-order valence-electron chi connectivity index (χ4n) is 2.80. The maximum atomic E-state index is 3.48. The smallest absolute Gasteiger partial charge is 0.00985 e. The Morgan fingerprint density at radius 1 is 1.27 bits per heavy atom. The lowest BCUT2D eigenvalue weighted by atomic mass is 9.93. The molecule has 0 heterocycles. The van der Waals surface area contributed by atoms with Gasteiger partial charge in [0.1, 0.15) is 0 Å². The normalized spacial score (nSPS) is 17.7. The van der Waals surface area contributed by atoms with Crippen LogP contribution in [0.4, 0.5) is 0 Å². The number of nitrogens with one attached hydrogen (secondary N) is 1. The number of hydrogen-bond acceptors (Lipinski definition) is 1. The molecule has 1 heteroatoms. The largest absolute Gasteiger partial charge is 0.317 e. The minimum atomic E-state index is 0.697. The standard InChI is InChI=1S/C14H21N/c1-3-6-14(15-2)13-9-11-7-4-5-8-12(11)10-13/h4-5,7-8,13-15H,3,6,9-10H2,1-2H3. The van der Waals surface area contributed by atoms with E-state index in [1.165, 1.54) is 25.7 Å². The van der Waals surface area contributed by atoms with Crippen molar-refractivity contribution >= 4 is 0 Å². The molecule has 0 aliphatic heterocycles. The van der Waals surface area contributed by atoms with E-state index in [0.29, 0.717) is 6.04 Å². The molecule has 2 rings (SSSR count). The van der Waals surface area contributed by atoms with Crippen LogP contribution in [0.15, 0.2) is 24.3 Å². The highest BCUT2D eigenvalue weighted by molar-refractivity contribution is 5.32. The van der Waals surface area contributed by atoms with Gasteiger partial charge in [0.15, 0.2) is 0 Å². The highest BCUT2D eigenvalue weighted by Gasteiger charge is 2.26. The fourth-order valence-corrected chi connectivity index (χ4v) is 2.80. The van der Waals surface area contributed by atoms with Crippen LogP contribution in [-0.2, 0) is 12.8 Å². The molecule has 1 nitrogen and oxygen atoms in total. The van der Waals surface area contributed by atoms with Crippen LogP contribution in [0.5, 0.6) is 0 Å². The van der Waals surface area contributed by atoms with E-state index >= 15 is 0 Å². The first-order chi connectivity index (χ1) is 7.35. The van der Waals surface area contributed by atoms with Gasteiger partial charge in [0.25, 0.3) is 0 Å². The molecule has 0 radical (unpaired) electrons. The van der Waals surface area contributed by atoms with Gasteiger partial charge in [0.05, 0.1) is 0 Å². The van der Waals surface area contributed by atoms with Crippen molar-refractivity contribution in [2.75, 3.05) is 7.05 Å². The van der Waals surface area contributed by atoms with Crippen molar-refractivity contribution in [2.24, 2.45) is 5.92 Å². The van der Waals surface area contributed by atoms with Gasteiger partial charge in [0.2, 0.25) is 0 Å². The maximum Gasteiger partial charge on any atom is 0.00985 e. The van der Waals surface area contributed by atoms with E-state index < -0.39 is 0 Å². The van der Waals surface area contributed by atoms with Crippen LogP contribution in [0.1, 0.15) is 30.9 Å². The van der Waals surface area contributed by atoms with E-state index in [1.807, 2.05) is 0 Å². The van der Waals surface area contributed by atoms with Crippen LogP contribution < -0.4 is 5.32 Å². The Labute approximate surface area is 92.9 Å². The van der Waals surface area contributed by atoms with E-state index in [4.69, 9.17) is 0 Å². The van der Waals surface area contributed by atoms with Gasteiger partial charge < -0.3 is 5.32 Å². The Bertz CT molecular complexity index is 294. The molecule has 1 N–H and O–H groups in total. The van der Waals surface area contributed by atoms with Crippen molar-refractivity contribution in [1.82, 2.24) is 5.32 Å². The lowest BCUT2D eigenvalue weighted by Crippen LogP contribution is -2.33. The third-order valence-corrected chi connectivity index (χ3v) is 3.62. The molecule has 1 aliphatic carbocycles. The summed E-state index contributed by atoms with van der Waals surface area (Å²) in [6.07, 6.45) is 5.11. The molecule has 0 fully saturated rings. The Morgan fingerprint density at radius 2 is 1.87 bits per heavy atom. The summed E-state index contributed by atoms with van der Waals surface area (Å²) in [7, 11) is 2.10. The zero-order valence-corrected chi connectivity index (χ0v) is 9.79. The summed E-state index contributed by atoms with van der Waals surface area (Å²) in [5, 5.41) is 3.48. The average Bonchev–Trinajstić information content (AvgIpc) is 2.69. The predicted molar refractivity (Wildman–Crippen MR) is 65.1 cm³/mol. The third-order valence-electron chi connectivity index (χ3n) is 3.62. The second-order valence-corrected chi connectivity index (χ2v) is 4.62. The first-order valence-corrected chi connectivity index (χ1v) is 6.09. The van der Waals surface area contributed by atoms with Crippen LogP contribution in [0.2, 0.25) is 0 Å². The molecule has 0 aromatic heterocycles. The molecule has 0 spiro atoms. The zero-order valence-electron chi connectivity index (χ0n) is 9.79. The third kappa shape index (κ3) is 2.23. The summed E-state index contributed by atoms with van der Waals surface area (Å²) < 4.78 is 0. The first-order valence-electron chi connectivity index (χ1n) is 6.09. The SMILES string of the molecule is CCCC(NC)C1Cc2ccccc2C1. The second kappa shape index (κ2) is 4.80. The van der Waals surface area contributed by atoms with Gasteiger partial charge >= 0.3 is 0 Å². The summed E-state index contributed by atoms with van der Waals surface area (Å²) in [4.78, 5) is 0. The number of rotatable bonds is 4. The Hall–Kier alpha value is -0.820. The molecule has 0 saturated carbocycles. The van der Waals surface area contributed by atoms with E-state index in [9.17, 15) is 0 Å². The average molecular weight is 203 g/mol. The molecule has 1 aromatic rings. The van der Waals surface area contributed by atoms with Gasteiger partial charge in [-0.05, 0) is 43.4 Å². The van der Waals surface area contributed by atoms with Gasteiger partial charge in [-0.1, -0.05) is 37.6 Å². The second-order valence-electron chi connectivity index (χ2n) is 4.62. The van der Waals surface area contributed by atoms with Gasteiger partial charge in [-0.2, -0.15) is 0 Å². The summed E-state index contributed by atoms with van der Waals surface area (Å²) in [6, 6.07) is 9.59. The molecule has 1 aliphatic rings. The number of fused-ring (bicyclic) bond motifs is 1. The zero-order chi connectivity index (χ0) is 10.7. The van der Waals surface area contributed by atoms with E-state index in [2.05, 4.69) is 43.6 Å². The monoisotopic (exact) mass is 203 g/mol. The molecule has 0 bridgehead atoms. The number of benzene rings is 1. The lowest BCUT2D eigenvalue weighted by molar-refractivity contribution is 0.363. The lowest BCUT2D eigenvalue weighted by Gasteiger charge is -2.22. The van der Waals surface area contributed by atoms with Gasteiger partial charge in [-0.15, -0.1) is 0 Å². The van der Waals surface area contributed by atoms with Crippen LogP contribution in [0, 0.1) is 5.92 Å². The molecular formula is C14H21N. The molecule has 0 amide bonds. The van der Waals surface area contributed by atoms with Gasteiger partial charge in [-0.25, -0.2) is 0 Å². The van der Waals surface area contributed by atoms with Crippen LogP contribution in [0.3, 0.4) is 0 Å². The van der Waals surface area contributed by atoms with Crippen molar-refractivity contribution in [3.05, 3.63) is 35.4 Å². The molecule has 0 saturated heterocycles. The molecule has 1 atom stereocenters. The molecule has 1 unspecified atom stereocenters. The van der Waals surface area contributed by atoms with Crippen molar-refractivity contribution in [2.45, 2.75) is 38.6 Å². The highest BCUT2D eigenvalue weighted by Crippen LogP contribution is 2.29. The first kappa shape index (κ1) is 10.7. The van der Waals surface area contributed by atoms with Gasteiger partial charge in [-0.3, -0.25) is 0 Å². The Balaban J connectivity index is 2.05. The van der Waals surface area contributed by atoms with Crippen LogP contribution in [0.25, 0.3) is 0 Å². The Kier molecular flexibility index (Phi) is 3.42. The van der Waals surface area contributed by atoms with Crippen molar-refractivity contribution in [1.29, 1.82) is 0 Å². The molecule has 1 aromatic carbocycles. The summed E-state index contributed by atoms with van der Waals surface area (Å²) in [5.74, 6) is 0.812. The van der Waals surface area contributed by atoms with Gasteiger partial charge in [0, 0.05) is 6.04 Å². The van der Waals surface area contributed by atoms with Crippen molar-refractivity contribution in [3.63, 3.8) is 0 Å². The minimum absolute atomic E-state index is 0.697. The number of hydrogen-bond donors (Lipinski definition) is 1. The van der Waals surface area contributed by atoms with E-state index in [1.54, 1.807) is 11.1 Å². The molecule has 82 valence electrons. The summed E-state index contributed by atoms with van der Waals surface area (Å²) in [5.41, 5.74) is 3.14. The maximum absolute atomic E-state index is 3.48. The fraction of sp³-hybridized carbons (Fsp3) is 0.571. The summed E-state index contributed by atoms with van der Waals surface area (Å²) >= 11 is 0. The van der Waals surface area contributed by atoms with Crippen molar-refractivity contribution < 1.29 is 0 Å². The molecule has 15 heavy (non-hydrogen) atoms. The molecular weight excluding hydrogens is 182 g/mol. The van der Waals surface area contributed by atoms with Crippen molar-refractivity contribution in [3.8, 4) is 0 Å². The highest BCUT2D eigenvalue weighted by atomic mass is 14.9. The summed E-state index contributed by atoms with van der Waals surface area (Å²) in [6.45, 7) is 2.27. The van der Waals surface area contributed by atoms with Crippen LogP contribution in [-0.4, -0.2) is 13.1 Å². The quantitative estimate of drug-likeness (QED) is 0.793.